The number of nitrogens with one attached hydrogen (secondary N) is 1. The van der Waals surface area contributed by atoms with Gasteiger partial charge in [-0.1, -0.05) is 36.9 Å². The number of carbonyl (C=O) groups excluding carboxylic acids is 1. The van der Waals surface area contributed by atoms with Crippen molar-refractivity contribution in [2.75, 3.05) is 18.2 Å². The predicted octanol–water partition coefficient (Wildman–Crippen LogP) is 3.70. The Balaban J connectivity index is 1.86. The van der Waals surface area contributed by atoms with Crippen molar-refractivity contribution in [3.8, 4) is 11.5 Å². The summed E-state index contributed by atoms with van der Waals surface area (Å²) in [6.07, 6.45) is -0.644. The predicted molar refractivity (Wildman–Crippen MR) is 97.2 cm³/mol. The number of benzene rings is 1. The van der Waals surface area contributed by atoms with Crippen LogP contribution >= 0.6 is 23.1 Å². The van der Waals surface area contributed by atoms with Crippen LogP contribution in [-0.2, 0) is 4.79 Å². The Hall–Kier alpha value is -1.80. The minimum atomic E-state index is -0.644. The molecule has 2 aromatic rings. The third kappa shape index (κ3) is 5.68. The smallest absolute Gasteiger partial charge is 0.266 e. The van der Waals surface area contributed by atoms with Crippen molar-refractivity contribution >= 4 is 34.1 Å². The van der Waals surface area contributed by atoms with E-state index in [1.54, 1.807) is 50.1 Å². The lowest BCUT2D eigenvalue weighted by Gasteiger charge is -2.13. The van der Waals surface area contributed by atoms with Crippen molar-refractivity contribution < 1.29 is 14.3 Å². The highest BCUT2D eigenvalue weighted by Gasteiger charge is 2.17. The molecule has 1 amide bonds. The van der Waals surface area contributed by atoms with Gasteiger partial charge >= 0.3 is 0 Å². The summed E-state index contributed by atoms with van der Waals surface area (Å²) in [6, 6.07) is 7.08. The quantitative estimate of drug-likeness (QED) is 0.566. The van der Waals surface area contributed by atoms with Gasteiger partial charge in [-0.15, -0.1) is 10.2 Å². The Bertz CT molecular complexity index is 659. The van der Waals surface area contributed by atoms with Gasteiger partial charge in [-0.3, -0.25) is 10.1 Å². The molecule has 0 fully saturated rings. The van der Waals surface area contributed by atoms with E-state index in [0.717, 1.165) is 15.8 Å². The van der Waals surface area contributed by atoms with Gasteiger partial charge in [0.2, 0.25) is 5.13 Å². The third-order valence-electron chi connectivity index (χ3n) is 2.92. The van der Waals surface area contributed by atoms with Crippen LogP contribution in [0.2, 0.25) is 0 Å². The number of methoxy groups -OCH3 is 1. The van der Waals surface area contributed by atoms with Gasteiger partial charge < -0.3 is 9.47 Å². The zero-order valence-electron chi connectivity index (χ0n) is 14.1. The maximum Gasteiger partial charge on any atom is 0.266 e. The fourth-order valence-electron chi connectivity index (χ4n) is 1.68. The van der Waals surface area contributed by atoms with Gasteiger partial charge in [-0.2, -0.15) is 0 Å². The minimum Gasteiger partial charge on any atom is -0.497 e. The van der Waals surface area contributed by atoms with Crippen molar-refractivity contribution in [1.29, 1.82) is 0 Å². The summed E-state index contributed by atoms with van der Waals surface area (Å²) in [4.78, 5) is 12.2. The van der Waals surface area contributed by atoms with Crippen LogP contribution in [0.25, 0.3) is 0 Å². The molecule has 0 aliphatic heterocycles. The normalized spacial score (nSPS) is 12.0. The number of nitrogens with zero attached hydrogens (tertiary/aromatic N) is 2. The molecule has 0 spiro atoms. The second-order valence-corrected chi connectivity index (χ2v) is 7.75. The van der Waals surface area contributed by atoms with Crippen molar-refractivity contribution in [2.24, 2.45) is 5.92 Å². The van der Waals surface area contributed by atoms with E-state index >= 15 is 0 Å². The van der Waals surface area contributed by atoms with E-state index < -0.39 is 6.10 Å². The van der Waals surface area contributed by atoms with E-state index in [0.29, 0.717) is 16.8 Å². The summed E-state index contributed by atoms with van der Waals surface area (Å²) >= 11 is 3.01. The highest BCUT2D eigenvalue weighted by atomic mass is 32.2. The Morgan fingerprint density at radius 3 is 2.50 bits per heavy atom. The van der Waals surface area contributed by atoms with Gasteiger partial charge in [0, 0.05) is 5.75 Å². The lowest BCUT2D eigenvalue weighted by atomic mass is 10.3. The number of rotatable bonds is 8. The molecule has 1 aromatic carbocycles. The van der Waals surface area contributed by atoms with Crippen molar-refractivity contribution in [2.45, 2.75) is 31.2 Å². The van der Waals surface area contributed by atoms with Crippen LogP contribution in [-0.4, -0.2) is 35.1 Å². The lowest BCUT2D eigenvalue weighted by Crippen LogP contribution is -2.30. The number of thioether (sulfide) groups is 1. The van der Waals surface area contributed by atoms with E-state index in [1.807, 2.05) is 0 Å². The number of carbonyl (C=O) groups is 1. The number of ether oxygens (including phenoxy) is 2. The average molecular weight is 367 g/mol. The zero-order valence-corrected chi connectivity index (χ0v) is 15.7. The second kappa shape index (κ2) is 8.89. The van der Waals surface area contributed by atoms with Crippen LogP contribution in [0.5, 0.6) is 11.5 Å². The highest BCUT2D eigenvalue weighted by Crippen LogP contribution is 2.27. The number of hydrogen-bond acceptors (Lipinski definition) is 7. The van der Waals surface area contributed by atoms with Crippen molar-refractivity contribution in [1.82, 2.24) is 10.2 Å². The molecule has 0 saturated heterocycles. The highest BCUT2D eigenvalue weighted by molar-refractivity contribution is 8.01. The Kier molecular flexibility index (Phi) is 6.86. The van der Waals surface area contributed by atoms with E-state index in [-0.39, 0.29) is 5.91 Å². The van der Waals surface area contributed by atoms with Gasteiger partial charge in [-0.25, -0.2) is 0 Å². The second-order valence-electron chi connectivity index (χ2n) is 5.50. The van der Waals surface area contributed by atoms with Crippen LogP contribution in [0, 0.1) is 5.92 Å². The van der Waals surface area contributed by atoms with E-state index in [1.165, 1.54) is 11.3 Å². The summed E-state index contributed by atoms with van der Waals surface area (Å²) in [6.45, 7) is 5.98. The third-order valence-corrected chi connectivity index (χ3v) is 5.32. The SMILES string of the molecule is COc1ccc(OC(C)C(=O)Nc2nnc(SCC(C)C)s2)cc1. The summed E-state index contributed by atoms with van der Waals surface area (Å²) in [7, 11) is 1.60. The Labute approximate surface area is 150 Å². The van der Waals surface area contributed by atoms with Gasteiger partial charge in [0.25, 0.3) is 5.91 Å². The van der Waals surface area contributed by atoms with Crippen LogP contribution < -0.4 is 14.8 Å². The topological polar surface area (TPSA) is 73.3 Å². The molecule has 6 nitrogen and oxygen atoms in total. The lowest BCUT2D eigenvalue weighted by molar-refractivity contribution is -0.122. The largest absolute Gasteiger partial charge is 0.497 e. The molecule has 0 bridgehead atoms. The Morgan fingerprint density at radius 1 is 1.21 bits per heavy atom. The molecule has 1 aromatic heterocycles. The summed E-state index contributed by atoms with van der Waals surface area (Å²) in [5.74, 6) is 2.63. The zero-order chi connectivity index (χ0) is 17.5. The first-order chi connectivity index (χ1) is 11.5. The van der Waals surface area contributed by atoms with Crippen LogP contribution in [0.1, 0.15) is 20.8 Å². The molecule has 1 atom stereocenters. The van der Waals surface area contributed by atoms with Gasteiger partial charge in [0.15, 0.2) is 10.4 Å². The average Bonchev–Trinajstić information content (AvgIpc) is 3.01. The molecular weight excluding hydrogens is 346 g/mol. The number of hydrogen-bond donors (Lipinski definition) is 1. The fraction of sp³-hybridized carbons (Fsp3) is 0.438. The van der Waals surface area contributed by atoms with Gasteiger partial charge in [0.05, 0.1) is 7.11 Å². The molecule has 0 aliphatic rings. The van der Waals surface area contributed by atoms with E-state index in [9.17, 15) is 4.79 Å². The number of amides is 1. The minimum absolute atomic E-state index is 0.262. The molecule has 0 radical (unpaired) electrons. The van der Waals surface area contributed by atoms with Crippen LogP contribution in [0.15, 0.2) is 28.6 Å². The first kappa shape index (κ1) is 18.5. The van der Waals surface area contributed by atoms with E-state index in [4.69, 9.17) is 9.47 Å². The first-order valence-corrected chi connectivity index (χ1v) is 9.36. The molecule has 1 N–H and O–H groups in total. The molecule has 1 heterocycles. The maximum atomic E-state index is 12.2. The van der Waals surface area contributed by atoms with Gasteiger partial charge in [-0.05, 0) is 37.1 Å². The number of aromatic nitrogens is 2. The fourth-order valence-corrected chi connectivity index (χ4v) is 3.41. The van der Waals surface area contributed by atoms with Crippen LogP contribution in [0.4, 0.5) is 5.13 Å². The summed E-state index contributed by atoms with van der Waals surface area (Å²) < 4.78 is 11.6. The first-order valence-electron chi connectivity index (χ1n) is 7.55. The summed E-state index contributed by atoms with van der Waals surface area (Å²) in [5.41, 5.74) is 0. The van der Waals surface area contributed by atoms with Crippen molar-refractivity contribution in [3.63, 3.8) is 0 Å². The maximum absolute atomic E-state index is 12.2. The van der Waals surface area contributed by atoms with E-state index in [2.05, 4.69) is 29.4 Å². The molecule has 8 heteroatoms. The standard InChI is InChI=1S/C16H21N3O3S2/c1-10(2)9-23-16-19-18-15(24-16)17-14(20)11(3)22-13-7-5-12(21-4)6-8-13/h5-8,10-11H,9H2,1-4H3,(H,17,18,20). The molecule has 130 valence electrons. The Morgan fingerprint density at radius 2 is 1.88 bits per heavy atom. The van der Waals surface area contributed by atoms with Gasteiger partial charge in [0.1, 0.15) is 11.5 Å². The molecule has 1 unspecified atom stereocenters. The molecule has 2 rings (SSSR count). The molecule has 0 aliphatic carbocycles. The molecule has 24 heavy (non-hydrogen) atoms. The van der Waals surface area contributed by atoms with Crippen LogP contribution in [0.3, 0.4) is 0 Å². The monoisotopic (exact) mass is 367 g/mol. The molecule has 0 saturated carbocycles. The van der Waals surface area contributed by atoms with Crippen molar-refractivity contribution in [3.05, 3.63) is 24.3 Å². The summed E-state index contributed by atoms with van der Waals surface area (Å²) in [5, 5.41) is 11.3. The number of anilines is 1. The molecular formula is C16H21N3O3S2.